The fourth-order valence-corrected chi connectivity index (χ4v) is 5.35. The first-order valence-corrected chi connectivity index (χ1v) is 11.4. The lowest BCUT2D eigenvalue weighted by Crippen LogP contribution is -2.28. The summed E-state index contributed by atoms with van der Waals surface area (Å²) in [6.45, 7) is 0. The molecule has 0 aliphatic heterocycles. The molecule has 5 aromatic rings. The maximum atomic E-state index is 12.9. The van der Waals surface area contributed by atoms with Gasteiger partial charge in [-0.05, 0) is 48.5 Å². The fourth-order valence-electron chi connectivity index (χ4n) is 3.65. The number of anilines is 1. The molecular formula is C24H15Cl2N3O3S. The van der Waals surface area contributed by atoms with E-state index < -0.39 is 11.5 Å². The lowest BCUT2D eigenvalue weighted by molar-refractivity contribution is 0.102. The van der Waals surface area contributed by atoms with Gasteiger partial charge in [-0.2, -0.15) is 0 Å². The molecule has 33 heavy (non-hydrogen) atoms. The Hall–Kier alpha value is -3.39. The summed E-state index contributed by atoms with van der Waals surface area (Å²) < 4.78 is 2.22. The van der Waals surface area contributed by atoms with Gasteiger partial charge in [-0.15, -0.1) is 11.3 Å². The van der Waals surface area contributed by atoms with Gasteiger partial charge in [0.2, 0.25) is 0 Å². The molecule has 2 aromatic heterocycles. The van der Waals surface area contributed by atoms with Gasteiger partial charge < -0.3 is 15.0 Å². The minimum Gasteiger partial charge on any atom is -0.506 e. The van der Waals surface area contributed by atoms with E-state index in [0.717, 1.165) is 15.3 Å². The lowest BCUT2D eigenvalue weighted by atomic mass is 10.1. The largest absolute Gasteiger partial charge is 0.506 e. The van der Waals surface area contributed by atoms with Crippen molar-refractivity contribution in [3.63, 3.8) is 0 Å². The number of fused-ring (bicyclic) bond motifs is 2. The summed E-state index contributed by atoms with van der Waals surface area (Å²) in [4.78, 5) is 30.2. The number of carbonyl (C=O) groups excluding carboxylic acids is 1. The van der Waals surface area contributed by atoms with Crippen LogP contribution in [0.3, 0.4) is 0 Å². The molecular weight excluding hydrogens is 481 g/mol. The number of nitrogens with one attached hydrogen (secondary N) is 1. The number of aryl methyl sites for hydroxylation is 1. The monoisotopic (exact) mass is 495 g/mol. The Bertz CT molecular complexity index is 1620. The molecule has 5 rings (SSSR count). The maximum absolute atomic E-state index is 12.9. The van der Waals surface area contributed by atoms with E-state index in [1.807, 2.05) is 6.07 Å². The molecule has 0 aliphatic carbocycles. The Morgan fingerprint density at radius 3 is 2.58 bits per heavy atom. The maximum Gasteiger partial charge on any atom is 0.267 e. The van der Waals surface area contributed by atoms with E-state index in [9.17, 15) is 14.7 Å². The number of rotatable bonds is 3. The Morgan fingerprint density at radius 1 is 1.09 bits per heavy atom. The molecule has 0 spiro atoms. The van der Waals surface area contributed by atoms with E-state index in [0.29, 0.717) is 32.2 Å². The van der Waals surface area contributed by atoms with E-state index in [2.05, 4.69) is 10.3 Å². The van der Waals surface area contributed by atoms with E-state index >= 15 is 0 Å². The summed E-state index contributed by atoms with van der Waals surface area (Å²) in [6, 6.07) is 17.4. The summed E-state index contributed by atoms with van der Waals surface area (Å²) in [6.07, 6.45) is 0. The molecule has 0 atom stereocenters. The van der Waals surface area contributed by atoms with Crippen molar-refractivity contribution in [2.45, 2.75) is 0 Å². The molecule has 0 bridgehead atoms. The molecule has 0 radical (unpaired) electrons. The number of aromatic hydroxyl groups is 1. The van der Waals surface area contributed by atoms with Gasteiger partial charge in [-0.1, -0.05) is 35.3 Å². The van der Waals surface area contributed by atoms with Crippen LogP contribution in [0.1, 0.15) is 10.4 Å². The third-order valence-electron chi connectivity index (χ3n) is 5.31. The average Bonchev–Trinajstić information content (AvgIpc) is 3.23. The molecule has 0 fully saturated rings. The van der Waals surface area contributed by atoms with Crippen LogP contribution >= 0.6 is 34.5 Å². The number of amides is 1. The van der Waals surface area contributed by atoms with E-state index in [-0.39, 0.29) is 11.3 Å². The molecule has 164 valence electrons. The highest BCUT2D eigenvalue weighted by Crippen LogP contribution is 2.36. The zero-order valence-corrected chi connectivity index (χ0v) is 19.4. The van der Waals surface area contributed by atoms with Crippen LogP contribution in [0.15, 0.2) is 65.5 Å². The first kappa shape index (κ1) is 21.5. The smallest absolute Gasteiger partial charge is 0.267 e. The number of hydrogen-bond acceptors (Lipinski definition) is 5. The van der Waals surface area contributed by atoms with Crippen LogP contribution in [0.25, 0.3) is 31.7 Å². The molecule has 2 heterocycles. The Balaban J connectivity index is 1.45. The van der Waals surface area contributed by atoms with E-state index in [1.165, 1.54) is 15.9 Å². The molecule has 0 saturated heterocycles. The van der Waals surface area contributed by atoms with Crippen LogP contribution in [0.2, 0.25) is 10.0 Å². The van der Waals surface area contributed by atoms with Gasteiger partial charge in [0.25, 0.3) is 11.5 Å². The van der Waals surface area contributed by atoms with Crippen LogP contribution in [0.4, 0.5) is 5.69 Å². The molecule has 2 N–H and O–H groups in total. The first-order valence-electron chi connectivity index (χ1n) is 9.81. The van der Waals surface area contributed by atoms with Crippen LogP contribution in [0.5, 0.6) is 5.75 Å². The second-order valence-corrected chi connectivity index (χ2v) is 9.26. The number of benzene rings is 3. The van der Waals surface area contributed by atoms with Gasteiger partial charge in [0.15, 0.2) is 0 Å². The Kier molecular flexibility index (Phi) is 5.32. The van der Waals surface area contributed by atoms with Crippen LogP contribution in [-0.4, -0.2) is 20.6 Å². The molecule has 0 unspecified atom stereocenters. The third kappa shape index (κ3) is 3.74. The molecule has 1 amide bonds. The zero-order valence-electron chi connectivity index (χ0n) is 17.1. The van der Waals surface area contributed by atoms with E-state index in [4.69, 9.17) is 23.2 Å². The van der Waals surface area contributed by atoms with Crippen molar-refractivity contribution in [1.82, 2.24) is 9.55 Å². The highest BCUT2D eigenvalue weighted by atomic mass is 35.5. The SMILES string of the molecule is Cn1c(=O)c(C(=O)Nc2ccc(-c3nc4c(Cl)cc(Cl)cc4s3)cc2)c(O)c2ccccc21. The zero-order chi connectivity index (χ0) is 23.3. The van der Waals surface area contributed by atoms with Crippen molar-refractivity contribution >= 4 is 67.3 Å². The molecule has 3 aromatic carbocycles. The van der Waals surface area contributed by atoms with Gasteiger partial charge in [-0.3, -0.25) is 9.59 Å². The number of carbonyl (C=O) groups is 1. The van der Waals surface area contributed by atoms with Gasteiger partial charge >= 0.3 is 0 Å². The Labute approximate surface area is 201 Å². The number of halogens is 2. The predicted octanol–water partition coefficient (Wildman–Crippen LogP) is 6.08. The molecule has 0 aliphatic rings. The van der Waals surface area contributed by atoms with Crippen molar-refractivity contribution in [2.75, 3.05) is 5.32 Å². The van der Waals surface area contributed by atoms with Gasteiger partial charge in [0.1, 0.15) is 21.8 Å². The number of pyridine rings is 1. The van der Waals surface area contributed by atoms with Crippen molar-refractivity contribution in [2.24, 2.45) is 7.05 Å². The number of thiazole rings is 1. The molecule has 0 saturated carbocycles. The lowest BCUT2D eigenvalue weighted by Gasteiger charge is -2.12. The fraction of sp³-hybridized carbons (Fsp3) is 0.0417. The summed E-state index contributed by atoms with van der Waals surface area (Å²) in [7, 11) is 1.56. The predicted molar refractivity (Wildman–Crippen MR) is 134 cm³/mol. The van der Waals surface area contributed by atoms with Crippen LogP contribution < -0.4 is 10.9 Å². The summed E-state index contributed by atoms with van der Waals surface area (Å²) in [5.41, 5.74) is 1.65. The highest BCUT2D eigenvalue weighted by molar-refractivity contribution is 7.21. The second-order valence-electron chi connectivity index (χ2n) is 7.39. The number of para-hydroxylation sites is 1. The van der Waals surface area contributed by atoms with Crippen molar-refractivity contribution in [1.29, 1.82) is 0 Å². The number of hydrogen-bond donors (Lipinski definition) is 2. The molecule has 6 nitrogen and oxygen atoms in total. The minimum atomic E-state index is -0.687. The normalized spacial score (nSPS) is 11.2. The summed E-state index contributed by atoms with van der Waals surface area (Å²) in [5, 5.41) is 15.5. The third-order valence-corrected chi connectivity index (χ3v) is 6.86. The van der Waals surface area contributed by atoms with Gasteiger partial charge in [0.05, 0.1) is 15.2 Å². The minimum absolute atomic E-state index is 0.307. The van der Waals surface area contributed by atoms with Gasteiger partial charge in [0, 0.05) is 28.7 Å². The number of aromatic nitrogens is 2. The van der Waals surface area contributed by atoms with Gasteiger partial charge in [-0.25, -0.2) is 4.98 Å². The highest BCUT2D eigenvalue weighted by Gasteiger charge is 2.21. The topological polar surface area (TPSA) is 84.2 Å². The number of nitrogens with zero attached hydrogens (tertiary/aromatic N) is 2. The van der Waals surface area contributed by atoms with Crippen molar-refractivity contribution < 1.29 is 9.90 Å². The quantitative estimate of drug-likeness (QED) is 0.317. The van der Waals surface area contributed by atoms with Crippen molar-refractivity contribution in [3.8, 4) is 16.3 Å². The average molecular weight is 496 g/mol. The second kappa shape index (κ2) is 8.19. The Morgan fingerprint density at radius 2 is 1.82 bits per heavy atom. The first-order chi connectivity index (χ1) is 15.8. The molecule has 9 heteroatoms. The van der Waals surface area contributed by atoms with Crippen LogP contribution in [0, 0.1) is 0 Å². The van der Waals surface area contributed by atoms with Crippen molar-refractivity contribution in [3.05, 3.63) is 86.6 Å². The standard InChI is InChI=1S/C24H15Cl2N3O3S/c1-29-17-5-3-2-4-15(17)21(30)19(24(29)32)22(31)27-14-8-6-12(7-9-14)23-28-20-16(26)10-13(25)11-18(20)33-23/h2-11,30H,1H3,(H,27,31). The summed E-state index contributed by atoms with van der Waals surface area (Å²) in [5.74, 6) is -1.03. The van der Waals surface area contributed by atoms with Crippen LogP contribution in [-0.2, 0) is 7.05 Å². The summed E-state index contributed by atoms with van der Waals surface area (Å²) >= 11 is 13.8. The van der Waals surface area contributed by atoms with E-state index in [1.54, 1.807) is 61.6 Å².